The van der Waals surface area contributed by atoms with Crippen LogP contribution in [0.4, 0.5) is 5.69 Å². The molecule has 2 N–H and O–H groups in total. The van der Waals surface area contributed by atoms with Gasteiger partial charge in [-0.05, 0) is 18.2 Å². The van der Waals surface area contributed by atoms with Gasteiger partial charge in [-0.25, -0.2) is 9.67 Å². The number of benzene rings is 1. The Hall–Kier alpha value is -2.32. The molecular formula is C13H12N6OS. The van der Waals surface area contributed by atoms with E-state index in [2.05, 4.69) is 25.9 Å². The first-order chi connectivity index (χ1) is 10.3. The van der Waals surface area contributed by atoms with Crippen molar-refractivity contribution in [2.45, 2.75) is 6.04 Å². The molecule has 2 aromatic heterocycles. The van der Waals surface area contributed by atoms with Gasteiger partial charge in [0.2, 0.25) is 0 Å². The third-order valence-corrected chi connectivity index (χ3v) is 4.26. The predicted molar refractivity (Wildman–Crippen MR) is 79.5 cm³/mol. The molecule has 1 amide bonds. The molecule has 1 aliphatic heterocycles. The number of fused-ring (bicyclic) bond motifs is 1. The molecule has 1 aliphatic rings. The Morgan fingerprint density at radius 2 is 2.33 bits per heavy atom. The largest absolute Gasteiger partial charge is 0.320 e. The number of thiazole rings is 1. The topological polar surface area (TPSA) is 84.7 Å². The highest BCUT2D eigenvalue weighted by Crippen LogP contribution is 2.22. The Bertz CT molecular complexity index is 806. The highest BCUT2D eigenvalue weighted by atomic mass is 32.1. The molecule has 0 unspecified atom stereocenters. The lowest BCUT2D eigenvalue weighted by molar-refractivity contribution is 0.102. The molecule has 0 spiro atoms. The summed E-state index contributed by atoms with van der Waals surface area (Å²) in [4.78, 5) is 16.4. The van der Waals surface area contributed by atoms with Crippen molar-refractivity contribution >= 4 is 33.1 Å². The summed E-state index contributed by atoms with van der Waals surface area (Å²) in [6, 6.07) is 5.93. The quantitative estimate of drug-likeness (QED) is 0.761. The monoisotopic (exact) mass is 300 g/mol. The van der Waals surface area contributed by atoms with Gasteiger partial charge in [0.05, 0.1) is 28.0 Å². The van der Waals surface area contributed by atoms with Gasteiger partial charge in [0.1, 0.15) is 0 Å². The van der Waals surface area contributed by atoms with E-state index in [1.165, 1.54) is 0 Å². The van der Waals surface area contributed by atoms with Crippen LogP contribution < -0.4 is 10.6 Å². The molecule has 0 bridgehead atoms. The Labute approximate surface area is 124 Å². The molecule has 1 fully saturated rings. The van der Waals surface area contributed by atoms with Gasteiger partial charge in [-0.1, -0.05) is 5.21 Å². The van der Waals surface area contributed by atoms with Crippen molar-refractivity contribution in [2.75, 3.05) is 18.4 Å². The molecule has 3 aromatic rings. The Balaban J connectivity index is 1.52. The molecule has 1 aromatic carbocycles. The zero-order chi connectivity index (χ0) is 14.2. The lowest BCUT2D eigenvalue weighted by Crippen LogP contribution is -2.43. The first-order valence-electron chi connectivity index (χ1n) is 6.57. The van der Waals surface area contributed by atoms with Gasteiger partial charge >= 0.3 is 0 Å². The predicted octanol–water partition coefficient (Wildman–Crippen LogP) is 1.28. The van der Waals surface area contributed by atoms with Gasteiger partial charge in [0.15, 0.2) is 5.69 Å². The fourth-order valence-electron chi connectivity index (χ4n) is 2.15. The van der Waals surface area contributed by atoms with E-state index in [1.54, 1.807) is 27.7 Å². The summed E-state index contributed by atoms with van der Waals surface area (Å²) >= 11 is 1.54. The van der Waals surface area contributed by atoms with E-state index in [1.807, 2.05) is 18.2 Å². The Morgan fingerprint density at radius 3 is 3.14 bits per heavy atom. The highest BCUT2D eigenvalue weighted by Gasteiger charge is 2.21. The van der Waals surface area contributed by atoms with Crippen molar-refractivity contribution in [2.24, 2.45) is 0 Å². The van der Waals surface area contributed by atoms with E-state index in [0.717, 1.165) is 29.0 Å². The average Bonchev–Trinajstić information content (AvgIpc) is 3.04. The van der Waals surface area contributed by atoms with E-state index >= 15 is 0 Å². The fraction of sp³-hybridized carbons (Fsp3) is 0.231. The van der Waals surface area contributed by atoms with E-state index in [-0.39, 0.29) is 5.91 Å². The summed E-state index contributed by atoms with van der Waals surface area (Å²) in [5, 5.41) is 13.9. The molecule has 1 saturated heterocycles. The third-order valence-electron chi connectivity index (χ3n) is 3.47. The van der Waals surface area contributed by atoms with Crippen LogP contribution in [0, 0.1) is 0 Å². The van der Waals surface area contributed by atoms with E-state index < -0.39 is 0 Å². The van der Waals surface area contributed by atoms with E-state index in [9.17, 15) is 4.79 Å². The van der Waals surface area contributed by atoms with E-state index in [0.29, 0.717) is 11.7 Å². The summed E-state index contributed by atoms with van der Waals surface area (Å²) in [7, 11) is 0. The van der Waals surface area contributed by atoms with Crippen LogP contribution in [0.3, 0.4) is 0 Å². The number of nitrogens with zero attached hydrogens (tertiary/aromatic N) is 4. The molecule has 106 valence electrons. The van der Waals surface area contributed by atoms with Crippen LogP contribution >= 0.6 is 11.3 Å². The van der Waals surface area contributed by atoms with E-state index in [4.69, 9.17) is 0 Å². The van der Waals surface area contributed by atoms with Gasteiger partial charge in [-0.2, -0.15) is 0 Å². The second-order valence-electron chi connectivity index (χ2n) is 4.88. The zero-order valence-electron chi connectivity index (χ0n) is 11.0. The van der Waals surface area contributed by atoms with Crippen LogP contribution in [0.5, 0.6) is 0 Å². The number of nitrogens with one attached hydrogen (secondary N) is 2. The summed E-state index contributed by atoms with van der Waals surface area (Å²) in [6.07, 6.45) is 1.69. The molecule has 21 heavy (non-hydrogen) atoms. The van der Waals surface area contributed by atoms with Crippen LogP contribution in [-0.4, -0.2) is 39.0 Å². The third kappa shape index (κ3) is 2.28. The minimum atomic E-state index is -0.252. The van der Waals surface area contributed by atoms with Gasteiger partial charge < -0.3 is 10.6 Å². The Morgan fingerprint density at radius 1 is 1.43 bits per heavy atom. The number of carbonyl (C=O) groups excluding carboxylic acids is 1. The van der Waals surface area contributed by atoms with Gasteiger partial charge in [0, 0.05) is 18.8 Å². The first kappa shape index (κ1) is 12.4. The van der Waals surface area contributed by atoms with Gasteiger partial charge in [-0.3, -0.25) is 4.79 Å². The second-order valence-corrected chi connectivity index (χ2v) is 5.77. The molecule has 0 atom stereocenters. The van der Waals surface area contributed by atoms with Crippen LogP contribution in [-0.2, 0) is 0 Å². The summed E-state index contributed by atoms with van der Waals surface area (Å²) < 4.78 is 2.77. The normalized spacial score (nSPS) is 15.0. The number of hydrogen-bond donors (Lipinski definition) is 2. The Kier molecular flexibility index (Phi) is 2.90. The number of anilines is 1. The van der Waals surface area contributed by atoms with Crippen molar-refractivity contribution in [1.82, 2.24) is 25.3 Å². The SMILES string of the molecule is O=C(Nc1ccc2ncsc2c1)c1cn(C2CNC2)nn1. The lowest BCUT2D eigenvalue weighted by Gasteiger charge is -2.26. The van der Waals surface area contributed by atoms with Crippen molar-refractivity contribution in [3.05, 3.63) is 35.6 Å². The second kappa shape index (κ2) is 4.90. The minimum Gasteiger partial charge on any atom is -0.320 e. The maximum atomic E-state index is 12.2. The fourth-order valence-corrected chi connectivity index (χ4v) is 2.86. The molecule has 0 radical (unpaired) electrons. The summed E-state index contributed by atoms with van der Waals surface area (Å²) in [6.45, 7) is 1.74. The smallest absolute Gasteiger partial charge is 0.277 e. The maximum absolute atomic E-state index is 12.2. The number of carbonyl (C=O) groups is 1. The first-order valence-corrected chi connectivity index (χ1v) is 7.45. The van der Waals surface area contributed by atoms with Crippen molar-refractivity contribution in [3.63, 3.8) is 0 Å². The molecule has 7 nitrogen and oxygen atoms in total. The van der Waals surface area contributed by atoms with Gasteiger partial charge in [0.25, 0.3) is 5.91 Å². The molecular weight excluding hydrogens is 288 g/mol. The minimum absolute atomic E-state index is 0.252. The number of aromatic nitrogens is 4. The maximum Gasteiger partial charge on any atom is 0.277 e. The molecule has 0 aliphatic carbocycles. The average molecular weight is 300 g/mol. The number of rotatable bonds is 3. The van der Waals surface area contributed by atoms with Crippen LogP contribution in [0.15, 0.2) is 29.9 Å². The van der Waals surface area contributed by atoms with Crippen LogP contribution in [0.2, 0.25) is 0 Å². The lowest BCUT2D eigenvalue weighted by atomic mass is 10.2. The van der Waals surface area contributed by atoms with Crippen molar-refractivity contribution < 1.29 is 4.79 Å². The highest BCUT2D eigenvalue weighted by molar-refractivity contribution is 7.16. The number of amides is 1. The van der Waals surface area contributed by atoms with Crippen LogP contribution in [0.25, 0.3) is 10.2 Å². The molecule has 4 rings (SSSR count). The summed E-state index contributed by atoms with van der Waals surface area (Å²) in [5.74, 6) is -0.252. The van der Waals surface area contributed by atoms with Crippen molar-refractivity contribution in [1.29, 1.82) is 0 Å². The van der Waals surface area contributed by atoms with Gasteiger partial charge in [-0.15, -0.1) is 16.4 Å². The molecule has 0 saturated carbocycles. The standard InChI is InChI=1S/C13H12N6OS/c20-13(11-6-19(18-17-11)9-4-14-5-9)16-8-1-2-10-12(3-8)21-7-15-10/h1-3,6-7,9,14H,4-5H2,(H,16,20). The zero-order valence-corrected chi connectivity index (χ0v) is 11.8. The molecule has 8 heteroatoms. The van der Waals surface area contributed by atoms with Crippen LogP contribution in [0.1, 0.15) is 16.5 Å². The summed E-state index contributed by atoms with van der Waals surface area (Å²) in [5.41, 5.74) is 3.78. The number of hydrogen-bond acceptors (Lipinski definition) is 6. The van der Waals surface area contributed by atoms with Crippen molar-refractivity contribution in [3.8, 4) is 0 Å². The molecule has 3 heterocycles.